The van der Waals surface area contributed by atoms with Gasteiger partial charge in [0.05, 0.1) is 31.6 Å². The largest absolute Gasteiger partial charge is 0.506 e. The summed E-state index contributed by atoms with van der Waals surface area (Å²) >= 11 is 5.88. The van der Waals surface area contributed by atoms with Crippen LogP contribution in [0.3, 0.4) is 0 Å². The third kappa shape index (κ3) is 2.83. The number of esters is 1. The molecule has 5 rings (SSSR count). The normalized spacial score (nSPS) is 19.2. The van der Waals surface area contributed by atoms with Gasteiger partial charge < -0.3 is 29.1 Å². The van der Waals surface area contributed by atoms with Crippen molar-refractivity contribution in [2.45, 2.75) is 25.2 Å². The summed E-state index contributed by atoms with van der Waals surface area (Å²) in [6.07, 6.45) is -0.676. The summed E-state index contributed by atoms with van der Waals surface area (Å²) < 4.78 is 21.9. The quantitative estimate of drug-likeness (QED) is 0.479. The minimum Gasteiger partial charge on any atom is -0.506 e. The topological polar surface area (TPSA) is 107 Å². The first kappa shape index (κ1) is 18.6. The Labute approximate surface area is 174 Å². The lowest BCUT2D eigenvalue weighted by atomic mass is 9.95. The second-order valence-electron chi connectivity index (χ2n) is 7.06. The molecule has 0 aliphatic carbocycles. The molecule has 2 atom stereocenters. The lowest BCUT2D eigenvalue weighted by Crippen LogP contribution is -2.15. The van der Waals surface area contributed by atoms with E-state index in [0.29, 0.717) is 16.3 Å². The molecule has 1 aromatic heterocycles. The van der Waals surface area contributed by atoms with Crippen molar-refractivity contribution in [3.63, 3.8) is 0 Å². The van der Waals surface area contributed by atoms with Crippen molar-refractivity contribution in [3.8, 4) is 17.2 Å². The molecule has 0 radical (unpaired) electrons. The second-order valence-corrected chi connectivity index (χ2v) is 7.50. The van der Waals surface area contributed by atoms with E-state index in [1.54, 1.807) is 30.3 Å². The van der Waals surface area contributed by atoms with Crippen molar-refractivity contribution in [3.05, 3.63) is 56.9 Å². The standard InChI is InChI=1S/C21H16ClNO7/c1-27-13-7-14-16(11-6-15(24)29-21(11)28-14)19-17(13)18(25)12(20(26)30-19)8-23-10-4-2-9(22)3-5-10/h2-5,7,11,21,23,25H,6,8H2,1H3. The summed E-state index contributed by atoms with van der Waals surface area (Å²) in [5.74, 6) is -0.381. The Morgan fingerprint density at radius 1 is 1.23 bits per heavy atom. The lowest BCUT2D eigenvalue weighted by Gasteiger charge is -2.14. The molecule has 1 fully saturated rings. The van der Waals surface area contributed by atoms with Crippen molar-refractivity contribution < 1.29 is 28.5 Å². The molecule has 0 spiro atoms. The zero-order valence-electron chi connectivity index (χ0n) is 15.7. The van der Waals surface area contributed by atoms with E-state index in [4.69, 9.17) is 30.2 Å². The molecule has 2 aliphatic heterocycles. The number of anilines is 1. The van der Waals surface area contributed by atoms with Gasteiger partial charge in [-0.25, -0.2) is 4.79 Å². The highest BCUT2D eigenvalue weighted by Gasteiger charge is 2.47. The van der Waals surface area contributed by atoms with Crippen LogP contribution in [0.5, 0.6) is 17.2 Å². The molecule has 2 unspecified atom stereocenters. The van der Waals surface area contributed by atoms with Gasteiger partial charge in [0.1, 0.15) is 22.6 Å². The van der Waals surface area contributed by atoms with E-state index in [2.05, 4.69) is 5.32 Å². The lowest BCUT2D eigenvalue weighted by molar-refractivity contribution is -0.150. The van der Waals surface area contributed by atoms with Gasteiger partial charge in [-0.2, -0.15) is 0 Å². The Hall–Kier alpha value is -3.39. The number of halogens is 1. The summed E-state index contributed by atoms with van der Waals surface area (Å²) in [5, 5.41) is 14.8. The zero-order valence-corrected chi connectivity index (χ0v) is 16.5. The second kappa shape index (κ2) is 6.84. The number of aromatic hydroxyl groups is 1. The predicted octanol–water partition coefficient (Wildman–Crippen LogP) is 3.52. The number of rotatable bonds is 4. The number of nitrogens with one attached hydrogen (secondary N) is 1. The molecule has 8 nitrogen and oxygen atoms in total. The molecule has 2 N–H and O–H groups in total. The SMILES string of the molecule is COc1cc2c(c3oc(=O)c(CNc4ccc(Cl)cc4)c(O)c13)C1CC(=O)OC1O2. The third-order valence-electron chi connectivity index (χ3n) is 5.32. The number of benzene rings is 2. The summed E-state index contributed by atoms with van der Waals surface area (Å²) in [5.41, 5.74) is 0.715. The highest BCUT2D eigenvalue weighted by molar-refractivity contribution is 6.30. The molecule has 154 valence electrons. The number of hydrogen-bond donors (Lipinski definition) is 2. The maximum Gasteiger partial charge on any atom is 0.345 e. The Bertz CT molecular complexity index is 1240. The number of carbonyl (C=O) groups excluding carboxylic acids is 1. The predicted molar refractivity (Wildman–Crippen MR) is 107 cm³/mol. The molecular weight excluding hydrogens is 414 g/mol. The molecule has 3 heterocycles. The Morgan fingerprint density at radius 2 is 2.00 bits per heavy atom. The van der Waals surface area contributed by atoms with Crippen molar-refractivity contribution in [1.82, 2.24) is 0 Å². The van der Waals surface area contributed by atoms with Crippen molar-refractivity contribution in [2.24, 2.45) is 0 Å². The average Bonchev–Trinajstić information content (AvgIpc) is 3.23. The monoisotopic (exact) mass is 429 g/mol. The molecule has 3 aromatic rings. The van der Waals surface area contributed by atoms with E-state index in [0.717, 1.165) is 5.69 Å². The summed E-state index contributed by atoms with van der Waals surface area (Å²) in [7, 11) is 1.44. The minimum absolute atomic E-state index is 0.0239. The molecule has 30 heavy (non-hydrogen) atoms. The van der Waals surface area contributed by atoms with Crippen LogP contribution in [0.2, 0.25) is 5.02 Å². The van der Waals surface area contributed by atoms with Gasteiger partial charge in [-0.3, -0.25) is 4.79 Å². The van der Waals surface area contributed by atoms with Crippen molar-refractivity contribution in [1.29, 1.82) is 0 Å². The minimum atomic E-state index is -0.776. The van der Waals surface area contributed by atoms with E-state index in [1.165, 1.54) is 7.11 Å². The van der Waals surface area contributed by atoms with Crippen LogP contribution in [-0.2, 0) is 16.1 Å². The highest BCUT2D eigenvalue weighted by Crippen LogP contribution is 2.51. The fraction of sp³-hybridized carbons (Fsp3) is 0.238. The highest BCUT2D eigenvalue weighted by atomic mass is 35.5. The zero-order chi connectivity index (χ0) is 21.0. The number of fused-ring (bicyclic) bond motifs is 5. The van der Waals surface area contributed by atoms with E-state index in [-0.39, 0.29) is 41.0 Å². The van der Waals surface area contributed by atoms with E-state index >= 15 is 0 Å². The van der Waals surface area contributed by atoms with Gasteiger partial charge in [-0.1, -0.05) is 11.6 Å². The van der Waals surface area contributed by atoms with Crippen molar-refractivity contribution >= 4 is 34.2 Å². The van der Waals surface area contributed by atoms with Crippen LogP contribution in [0.4, 0.5) is 5.69 Å². The van der Waals surface area contributed by atoms with Gasteiger partial charge in [-0.15, -0.1) is 0 Å². The van der Waals surface area contributed by atoms with Crippen LogP contribution in [0, 0.1) is 0 Å². The molecular formula is C21H16ClNO7. The van der Waals surface area contributed by atoms with Gasteiger partial charge in [0.15, 0.2) is 5.58 Å². The van der Waals surface area contributed by atoms with Gasteiger partial charge in [0.25, 0.3) is 6.29 Å². The first-order valence-electron chi connectivity index (χ1n) is 9.21. The molecule has 9 heteroatoms. The van der Waals surface area contributed by atoms with Gasteiger partial charge >= 0.3 is 11.6 Å². The van der Waals surface area contributed by atoms with E-state index in [9.17, 15) is 14.7 Å². The first-order valence-corrected chi connectivity index (χ1v) is 9.59. The fourth-order valence-corrected chi connectivity index (χ4v) is 4.01. The fourth-order valence-electron chi connectivity index (χ4n) is 3.89. The summed E-state index contributed by atoms with van der Waals surface area (Å²) in [4.78, 5) is 24.4. The van der Waals surface area contributed by atoms with E-state index < -0.39 is 23.8 Å². The molecule has 2 aromatic carbocycles. The Morgan fingerprint density at radius 3 is 2.73 bits per heavy atom. The third-order valence-corrected chi connectivity index (χ3v) is 5.57. The summed E-state index contributed by atoms with van der Waals surface area (Å²) in [6, 6.07) is 8.52. The molecule has 0 saturated carbocycles. The van der Waals surface area contributed by atoms with Crippen molar-refractivity contribution in [2.75, 3.05) is 12.4 Å². The summed E-state index contributed by atoms with van der Waals surface area (Å²) in [6.45, 7) is 0.0239. The Kier molecular flexibility index (Phi) is 4.25. The number of ether oxygens (including phenoxy) is 3. The van der Waals surface area contributed by atoms with Gasteiger partial charge in [0.2, 0.25) is 0 Å². The smallest absolute Gasteiger partial charge is 0.345 e. The number of methoxy groups -OCH3 is 1. The van der Waals surface area contributed by atoms with Crippen LogP contribution in [-0.4, -0.2) is 24.5 Å². The molecule has 1 saturated heterocycles. The van der Waals surface area contributed by atoms with Crippen LogP contribution in [0.15, 0.2) is 39.5 Å². The van der Waals surface area contributed by atoms with E-state index in [1.807, 2.05) is 0 Å². The Balaban J connectivity index is 1.61. The average molecular weight is 430 g/mol. The number of carbonyl (C=O) groups is 1. The van der Waals surface area contributed by atoms with Gasteiger partial charge in [-0.05, 0) is 24.3 Å². The first-order chi connectivity index (χ1) is 14.5. The maximum absolute atomic E-state index is 12.7. The molecule has 0 bridgehead atoms. The van der Waals surface area contributed by atoms with Crippen LogP contribution in [0.25, 0.3) is 11.0 Å². The maximum atomic E-state index is 12.7. The van der Waals surface area contributed by atoms with Crippen LogP contribution in [0.1, 0.15) is 23.5 Å². The van der Waals surface area contributed by atoms with Crippen LogP contribution >= 0.6 is 11.6 Å². The molecule has 2 aliphatic rings. The van der Waals surface area contributed by atoms with Crippen LogP contribution < -0.4 is 20.4 Å². The number of hydrogen-bond acceptors (Lipinski definition) is 8. The molecule has 0 amide bonds. The van der Waals surface area contributed by atoms with Gasteiger partial charge in [0, 0.05) is 22.3 Å².